The number of hydrogen-bond donors (Lipinski definition) is 1. The van der Waals surface area contributed by atoms with Crippen molar-refractivity contribution < 1.29 is 4.79 Å². The number of carbonyl (C=O) groups is 1. The summed E-state index contributed by atoms with van der Waals surface area (Å²) in [6.07, 6.45) is 7.90. The first kappa shape index (κ1) is 11.3. The summed E-state index contributed by atoms with van der Waals surface area (Å²) in [5, 5.41) is 1.27. The standard InChI is InChI=1S/C14H17N3O/c1-10(18)17-6-3-11(4-7-17)13-8-16-14-9-15-5-2-12(13)14/h2,5,8-9,11,16H,3-4,6-7H2,1H3. The van der Waals surface area contributed by atoms with Crippen LogP contribution in [0, 0.1) is 0 Å². The van der Waals surface area contributed by atoms with E-state index in [0.29, 0.717) is 5.92 Å². The zero-order chi connectivity index (χ0) is 12.5. The van der Waals surface area contributed by atoms with Crippen LogP contribution in [0.5, 0.6) is 0 Å². The van der Waals surface area contributed by atoms with Crippen LogP contribution in [0.3, 0.4) is 0 Å². The monoisotopic (exact) mass is 243 g/mol. The lowest BCUT2D eigenvalue weighted by atomic mass is 9.89. The molecule has 0 unspecified atom stereocenters. The highest BCUT2D eigenvalue weighted by atomic mass is 16.2. The largest absolute Gasteiger partial charge is 0.360 e. The molecule has 1 N–H and O–H groups in total. The Morgan fingerprint density at radius 2 is 2.22 bits per heavy atom. The number of piperidine rings is 1. The quantitative estimate of drug-likeness (QED) is 0.835. The Bertz CT molecular complexity index is 567. The molecule has 1 aliphatic rings. The molecule has 0 saturated carbocycles. The molecule has 0 aliphatic carbocycles. The van der Waals surface area contributed by atoms with Crippen LogP contribution >= 0.6 is 0 Å². The molecular formula is C14H17N3O. The molecule has 0 aromatic carbocycles. The van der Waals surface area contributed by atoms with E-state index in [1.165, 1.54) is 10.9 Å². The van der Waals surface area contributed by atoms with Gasteiger partial charge in [0.2, 0.25) is 5.91 Å². The van der Waals surface area contributed by atoms with Gasteiger partial charge in [0.1, 0.15) is 0 Å². The molecule has 4 nitrogen and oxygen atoms in total. The summed E-state index contributed by atoms with van der Waals surface area (Å²) >= 11 is 0. The molecule has 0 bridgehead atoms. The number of pyridine rings is 1. The molecule has 1 saturated heterocycles. The first-order valence-corrected chi connectivity index (χ1v) is 6.42. The van der Waals surface area contributed by atoms with Crippen LogP contribution in [0.1, 0.15) is 31.2 Å². The SMILES string of the molecule is CC(=O)N1CCC(c2c[nH]c3cnccc23)CC1. The van der Waals surface area contributed by atoms with Gasteiger partial charge in [-0.15, -0.1) is 0 Å². The summed E-state index contributed by atoms with van der Waals surface area (Å²) in [7, 11) is 0. The molecule has 1 fully saturated rings. The van der Waals surface area contributed by atoms with Crippen LogP contribution in [0.4, 0.5) is 0 Å². The number of rotatable bonds is 1. The fourth-order valence-electron chi connectivity index (χ4n) is 2.84. The molecule has 1 aliphatic heterocycles. The van der Waals surface area contributed by atoms with Gasteiger partial charge in [-0.05, 0) is 30.4 Å². The van der Waals surface area contributed by atoms with Crippen molar-refractivity contribution in [1.82, 2.24) is 14.9 Å². The van der Waals surface area contributed by atoms with Crippen molar-refractivity contribution in [3.63, 3.8) is 0 Å². The lowest BCUT2D eigenvalue weighted by Crippen LogP contribution is -2.36. The fraction of sp³-hybridized carbons (Fsp3) is 0.429. The van der Waals surface area contributed by atoms with Crippen molar-refractivity contribution in [2.75, 3.05) is 13.1 Å². The zero-order valence-corrected chi connectivity index (χ0v) is 10.5. The molecule has 2 aromatic heterocycles. The predicted molar refractivity (Wildman–Crippen MR) is 70.3 cm³/mol. The Labute approximate surface area is 106 Å². The van der Waals surface area contributed by atoms with Gasteiger partial charge in [0.15, 0.2) is 0 Å². The summed E-state index contributed by atoms with van der Waals surface area (Å²) in [6, 6.07) is 2.07. The predicted octanol–water partition coefficient (Wildman–Crippen LogP) is 2.29. The number of fused-ring (bicyclic) bond motifs is 1. The average molecular weight is 243 g/mol. The van der Waals surface area contributed by atoms with Gasteiger partial charge >= 0.3 is 0 Å². The van der Waals surface area contributed by atoms with Crippen LogP contribution in [0.25, 0.3) is 10.9 Å². The minimum Gasteiger partial charge on any atom is -0.360 e. The maximum atomic E-state index is 11.3. The lowest BCUT2D eigenvalue weighted by Gasteiger charge is -2.31. The summed E-state index contributed by atoms with van der Waals surface area (Å²) in [5.41, 5.74) is 2.47. The first-order chi connectivity index (χ1) is 8.75. The zero-order valence-electron chi connectivity index (χ0n) is 10.5. The van der Waals surface area contributed by atoms with E-state index in [1.807, 2.05) is 17.3 Å². The Hall–Kier alpha value is -1.84. The Morgan fingerprint density at radius 3 is 2.94 bits per heavy atom. The van der Waals surface area contributed by atoms with Crippen molar-refractivity contribution in [3.05, 3.63) is 30.2 Å². The Morgan fingerprint density at radius 1 is 1.44 bits per heavy atom. The van der Waals surface area contributed by atoms with E-state index < -0.39 is 0 Å². The van der Waals surface area contributed by atoms with Gasteiger partial charge in [-0.1, -0.05) is 0 Å². The topological polar surface area (TPSA) is 49.0 Å². The molecule has 0 atom stereocenters. The summed E-state index contributed by atoms with van der Waals surface area (Å²) < 4.78 is 0. The number of carbonyl (C=O) groups excluding carboxylic acids is 1. The molecule has 0 spiro atoms. The van der Waals surface area contributed by atoms with Crippen molar-refractivity contribution in [2.45, 2.75) is 25.7 Å². The van der Waals surface area contributed by atoms with Crippen LogP contribution in [0.15, 0.2) is 24.7 Å². The normalized spacial score (nSPS) is 17.3. The molecule has 94 valence electrons. The van der Waals surface area contributed by atoms with Crippen LogP contribution in [-0.2, 0) is 4.79 Å². The molecule has 18 heavy (non-hydrogen) atoms. The Kier molecular flexibility index (Phi) is 2.78. The van der Waals surface area contributed by atoms with E-state index in [0.717, 1.165) is 31.4 Å². The van der Waals surface area contributed by atoms with E-state index in [1.54, 1.807) is 6.92 Å². The minimum atomic E-state index is 0.191. The van der Waals surface area contributed by atoms with E-state index >= 15 is 0 Å². The third-order valence-corrected chi connectivity index (χ3v) is 3.90. The van der Waals surface area contributed by atoms with Crippen LogP contribution < -0.4 is 0 Å². The summed E-state index contributed by atoms with van der Waals surface area (Å²) in [6.45, 7) is 3.40. The highest BCUT2D eigenvalue weighted by Crippen LogP contribution is 2.32. The molecule has 3 rings (SSSR count). The molecule has 0 radical (unpaired) electrons. The number of amides is 1. The van der Waals surface area contributed by atoms with E-state index in [4.69, 9.17) is 0 Å². The lowest BCUT2D eigenvalue weighted by molar-refractivity contribution is -0.129. The molecule has 3 heterocycles. The highest BCUT2D eigenvalue weighted by molar-refractivity contribution is 5.82. The van der Waals surface area contributed by atoms with Gasteiger partial charge in [-0.25, -0.2) is 0 Å². The number of likely N-dealkylation sites (tertiary alicyclic amines) is 1. The van der Waals surface area contributed by atoms with Gasteiger partial charge in [0.05, 0.1) is 11.7 Å². The second kappa shape index (κ2) is 4.44. The smallest absolute Gasteiger partial charge is 0.219 e. The molecule has 4 heteroatoms. The number of nitrogens with zero attached hydrogens (tertiary/aromatic N) is 2. The van der Waals surface area contributed by atoms with E-state index in [-0.39, 0.29) is 5.91 Å². The highest BCUT2D eigenvalue weighted by Gasteiger charge is 2.23. The third-order valence-electron chi connectivity index (χ3n) is 3.90. The van der Waals surface area contributed by atoms with Gasteiger partial charge in [0.25, 0.3) is 0 Å². The third kappa shape index (κ3) is 1.88. The first-order valence-electron chi connectivity index (χ1n) is 6.42. The van der Waals surface area contributed by atoms with Crippen molar-refractivity contribution in [1.29, 1.82) is 0 Å². The number of H-pyrrole nitrogens is 1. The van der Waals surface area contributed by atoms with Gasteiger partial charge in [-0.3, -0.25) is 9.78 Å². The van der Waals surface area contributed by atoms with Crippen LogP contribution in [0.2, 0.25) is 0 Å². The van der Waals surface area contributed by atoms with Crippen molar-refractivity contribution in [3.8, 4) is 0 Å². The summed E-state index contributed by atoms with van der Waals surface area (Å²) in [5.74, 6) is 0.744. The minimum absolute atomic E-state index is 0.191. The molecule has 2 aromatic rings. The second-order valence-electron chi connectivity index (χ2n) is 4.95. The van der Waals surface area contributed by atoms with E-state index in [9.17, 15) is 4.79 Å². The average Bonchev–Trinajstić information content (AvgIpc) is 2.82. The molecule has 1 amide bonds. The number of nitrogens with one attached hydrogen (secondary N) is 1. The van der Waals surface area contributed by atoms with Crippen molar-refractivity contribution >= 4 is 16.8 Å². The van der Waals surface area contributed by atoms with Gasteiger partial charge < -0.3 is 9.88 Å². The second-order valence-corrected chi connectivity index (χ2v) is 4.95. The maximum absolute atomic E-state index is 11.3. The summed E-state index contributed by atoms with van der Waals surface area (Å²) in [4.78, 5) is 20.7. The number of aromatic nitrogens is 2. The van der Waals surface area contributed by atoms with E-state index in [2.05, 4.69) is 22.2 Å². The fourth-order valence-corrected chi connectivity index (χ4v) is 2.84. The number of hydrogen-bond acceptors (Lipinski definition) is 2. The van der Waals surface area contributed by atoms with Gasteiger partial charge in [0, 0.05) is 37.8 Å². The van der Waals surface area contributed by atoms with Crippen molar-refractivity contribution in [2.24, 2.45) is 0 Å². The molecular weight excluding hydrogens is 226 g/mol. The van der Waals surface area contributed by atoms with Crippen LogP contribution in [-0.4, -0.2) is 33.9 Å². The number of aromatic amines is 1. The maximum Gasteiger partial charge on any atom is 0.219 e. The van der Waals surface area contributed by atoms with Gasteiger partial charge in [-0.2, -0.15) is 0 Å². The Balaban J connectivity index is 1.82.